The molecule has 0 bridgehead atoms. The van der Waals surface area contributed by atoms with Gasteiger partial charge in [0.2, 0.25) is 5.78 Å². The molecule has 1 amide bonds. The summed E-state index contributed by atoms with van der Waals surface area (Å²) >= 11 is 1.57. The number of benzene rings is 2. The van der Waals surface area contributed by atoms with E-state index >= 15 is 0 Å². The molecule has 2 aromatic carbocycles. The van der Waals surface area contributed by atoms with Crippen molar-refractivity contribution in [2.45, 2.75) is 33.2 Å². The van der Waals surface area contributed by atoms with Crippen LogP contribution in [0.3, 0.4) is 0 Å². The van der Waals surface area contributed by atoms with Crippen molar-refractivity contribution in [3.63, 3.8) is 0 Å². The van der Waals surface area contributed by atoms with Gasteiger partial charge in [-0.2, -0.15) is 11.8 Å². The first-order valence-electron chi connectivity index (χ1n) is 9.45. The largest absolute Gasteiger partial charge is 0.456 e. The molecule has 29 heavy (non-hydrogen) atoms. The number of ether oxygens (including phenoxy) is 1. The summed E-state index contributed by atoms with van der Waals surface area (Å²) in [6.45, 7) is 5.35. The van der Waals surface area contributed by atoms with Gasteiger partial charge in [-0.15, -0.1) is 0 Å². The molecular weight excluding hydrogens is 386 g/mol. The van der Waals surface area contributed by atoms with Crippen molar-refractivity contribution in [3.8, 4) is 0 Å². The van der Waals surface area contributed by atoms with Gasteiger partial charge in [-0.25, -0.2) is 4.79 Å². The zero-order chi connectivity index (χ0) is 21.4. The Labute approximate surface area is 176 Å². The van der Waals surface area contributed by atoms with Crippen LogP contribution in [0.4, 0.5) is 0 Å². The summed E-state index contributed by atoms with van der Waals surface area (Å²) in [5.74, 6) is -0.515. The molecule has 0 heterocycles. The Kier molecular flexibility index (Phi) is 8.46. The van der Waals surface area contributed by atoms with Crippen molar-refractivity contribution in [2.24, 2.45) is 0 Å². The molecule has 1 atom stereocenters. The van der Waals surface area contributed by atoms with Gasteiger partial charge in [0.25, 0.3) is 5.91 Å². The number of hydrogen-bond acceptors (Lipinski definition) is 5. The van der Waals surface area contributed by atoms with Crippen molar-refractivity contribution in [1.29, 1.82) is 0 Å². The van der Waals surface area contributed by atoms with Gasteiger partial charge in [0.1, 0.15) is 6.04 Å². The van der Waals surface area contributed by atoms with Crippen molar-refractivity contribution >= 4 is 29.4 Å². The topological polar surface area (TPSA) is 72.5 Å². The highest BCUT2D eigenvalue weighted by Gasteiger charge is 2.24. The molecule has 2 aromatic rings. The standard InChI is InChI=1S/C23H27NO4S/c1-15-6-5-7-18(13-15)22(26)24-20(10-11-29-4)23(27)28-14-21(25)19-9-8-16(2)12-17(19)3/h5-9,12-13,20H,10-11,14H2,1-4H3,(H,24,26)/t20-/m0/s1. The molecule has 0 saturated carbocycles. The minimum absolute atomic E-state index is 0.260. The van der Waals surface area contributed by atoms with E-state index in [4.69, 9.17) is 4.74 Å². The first kappa shape index (κ1) is 22.7. The molecule has 0 fully saturated rings. The highest BCUT2D eigenvalue weighted by Crippen LogP contribution is 2.12. The molecule has 0 aliphatic rings. The number of aryl methyl sites for hydroxylation is 3. The van der Waals surface area contributed by atoms with E-state index in [-0.39, 0.29) is 18.3 Å². The van der Waals surface area contributed by atoms with E-state index in [1.807, 2.05) is 45.2 Å². The SMILES string of the molecule is CSCC[C@H](NC(=O)c1cccc(C)c1)C(=O)OCC(=O)c1ccc(C)cc1C. The third-order valence-corrected chi connectivity index (χ3v) is 5.15. The molecule has 0 aromatic heterocycles. The summed E-state index contributed by atoms with van der Waals surface area (Å²) in [5.41, 5.74) is 3.89. The maximum absolute atomic E-state index is 12.6. The number of amides is 1. The number of rotatable bonds is 9. The summed E-state index contributed by atoms with van der Waals surface area (Å²) in [5, 5.41) is 2.74. The number of nitrogens with one attached hydrogen (secondary N) is 1. The van der Waals surface area contributed by atoms with E-state index in [0.29, 0.717) is 23.3 Å². The fourth-order valence-corrected chi connectivity index (χ4v) is 3.43. The lowest BCUT2D eigenvalue weighted by molar-refractivity contribution is -0.144. The molecule has 5 nitrogen and oxygen atoms in total. The maximum Gasteiger partial charge on any atom is 0.329 e. The van der Waals surface area contributed by atoms with Gasteiger partial charge >= 0.3 is 5.97 Å². The molecule has 6 heteroatoms. The van der Waals surface area contributed by atoms with Crippen LogP contribution in [0.2, 0.25) is 0 Å². The minimum Gasteiger partial charge on any atom is -0.456 e. The Bertz CT molecular complexity index is 894. The highest BCUT2D eigenvalue weighted by atomic mass is 32.2. The van der Waals surface area contributed by atoms with Crippen LogP contribution in [-0.2, 0) is 9.53 Å². The normalized spacial score (nSPS) is 11.6. The van der Waals surface area contributed by atoms with E-state index in [1.165, 1.54) is 0 Å². The summed E-state index contributed by atoms with van der Waals surface area (Å²) in [6, 6.07) is 11.9. The van der Waals surface area contributed by atoms with Crippen molar-refractivity contribution in [2.75, 3.05) is 18.6 Å². The second-order valence-corrected chi connectivity index (χ2v) is 8.01. The highest BCUT2D eigenvalue weighted by molar-refractivity contribution is 7.98. The predicted molar refractivity (Wildman–Crippen MR) is 117 cm³/mol. The van der Waals surface area contributed by atoms with Crippen LogP contribution in [0.5, 0.6) is 0 Å². The quantitative estimate of drug-likeness (QED) is 0.499. The molecular formula is C23H27NO4S. The average molecular weight is 414 g/mol. The molecule has 0 aliphatic carbocycles. The molecule has 154 valence electrons. The van der Waals surface area contributed by atoms with Crippen LogP contribution in [0.25, 0.3) is 0 Å². The fraction of sp³-hybridized carbons (Fsp3) is 0.348. The summed E-state index contributed by atoms with van der Waals surface area (Å²) in [4.78, 5) is 37.5. The Morgan fingerprint density at radius 1 is 1.03 bits per heavy atom. The Balaban J connectivity index is 2.02. The van der Waals surface area contributed by atoms with Gasteiger partial charge in [0.05, 0.1) is 0 Å². The van der Waals surface area contributed by atoms with Gasteiger partial charge in [-0.05, 0) is 56.9 Å². The van der Waals surface area contributed by atoms with E-state index in [1.54, 1.807) is 36.0 Å². The van der Waals surface area contributed by atoms with Crippen LogP contribution in [0.15, 0.2) is 42.5 Å². The zero-order valence-electron chi connectivity index (χ0n) is 17.3. The summed E-state index contributed by atoms with van der Waals surface area (Å²) in [6.07, 6.45) is 2.35. The monoisotopic (exact) mass is 413 g/mol. The van der Waals surface area contributed by atoms with Crippen molar-refractivity contribution in [3.05, 3.63) is 70.3 Å². The molecule has 1 N–H and O–H groups in total. The van der Waals surface area contributed by atoms with E-state index < -0.39 is 12.0 Å². The van der Waals surface area contributed by atoms with Crippen LogP contribution < -0.4 is 5.32 Å². The Morgan fingerprint density at radius 3 is 2.41 bits per heavy atom. The number of thioether (sulfide) groups is 1. The lowest BCUT2D eigenvalue weighted by atomic mass is 10.0. The predicted octanol–water partition coefficient (Wildman–Crippen LogP) is 3.89. The van der Waals surface area contributed by atoms with E-state index in [2.05, 4.69) is 5.32 Å². The lowest BCUT2D eigenvalue weighted by Crippen LogP contribution is -2.42. The smallest absolute Gasteiger partial charge is 0.329 e. The van der Waals surface area contributed by atoms with Crippen LogP contribution in [-0.4, -0.2) is 42.3 Å². The fourth-order valence-electron chi connectivity index (χ4n) is 2.95. The summed E-state index contributed by atoms with van der Waals surface area (Å²) < 4.78 is 5.25. The van der Waals surface area contributed by atoms with Crippen molar-refractivity contribution in [1.82, 2.24) is 5.32 Å². The van der Waals surface area contributed by atoms with E-state index in [9.17, 15) is 14.4 Å². The number of esters is 1. The van der Waals surface area contributed by atoms with Gasteiger partial charge in [0.15, 0.2) is 6.61 Å². The lowest BCUT2D eigenvalue weighted by Gasteiger charge is -2.17. The van der Waals surface area contributed by atoms with Gasteiger partial charge in [0, 0.05) is 11.1 Å². The van der Waals surface area contributed by atoms with Crippen LogP contribution in [0.1, 0.15) is 43.8 Å². The Morgan fingerprint density at radius 2 is 1.76 bits per heavy atom. The average Bonchev–Trinajstić information content (AvgIpc) is 2.68. The molecule has 0 saturated heterocycles. The second-order valence-electron chi connectivity index (χ2n) is 7.03. The summed E-state index contributed by atoms with van der Waals surface area (Å²) in [7, 11) is 0. The molecule has 0 spiro atoms. The third kappa shape index (κ3) is 6.75. The minimum atomic E-state index is -0.803. The van der Waals surface area contributed by atoms with E-state index in [0.717, 1.165) is 16.7 Å². The van der Waals surface area contributed by atoms with Crippen LogP contribution >= 0.6 is 11.8 Å². The van der Waals surface area contributed by atoms with Gasteiger partial charge in [-0.3, -0.25) is 9.59 Å². The number of carbonyl (C=O) groups is 3. The Hall–Kier alpha value is -2.60. The first-order chi connectivity index (χ1) is 13.8. The molecule has 0 unspecified atom stereocenters. The maximum atomic E-state index is 12.6. The first-order valence-corrected chi connectivity index (χ1v) is 10.8. The molecule has 0 radical (unpaired) electrons. The van der Waals surface area contributed by atoms with Crippen molar-refractivity contribution < 1.29 is 19.1 Å². The number of Topliss-reactive ketones (excluding diaryl/α,β-unsaturated/α-hetero) is 1. The number of carbonyl (C=O) groups excluding carboxylic acids is 3. The number of ketones is 1. The third-order valence-electron chi connectivity index (χ3n) is 4.51. The molecule has 2 rings (SSSR count). The number of hydrogen-bond donors (Lipinski definition) is 1. The second kappa shape index (κ2) is 10.8. The van der Waals surface area contributed by atoms with Gasteiger partial charge in [-0.1, -0.05) is 41.5 Å². The molecule has 0 aliphatic heterocycles. The zero-order valence-corrected chi connectivity index (χ0v) is 18.1. The van der Waals surface area contributed by atoms with Crippen LogP contribution in [0, 0.1) is 20.8 Å². The van der Waals surface area contributed by atoms with Gasteiger partial charge < -0.3 is 10.1 Å².